The molecule has 1 N–H and O–H groups in total. The van der Waals surface area contributed by atoms with Gasteiger partial charge in [-0.3, -0.25) is 9.59 Å². The number of benzene rings is 1. The fourth-order valence-electron chi connectivity index (χ4n) is 3.44. The van der Waals surface area contributed by atoms with E-state index in [2.05, 4.69) is 29.3 Å². The molecule has 0 fully saturated rings. The van der Waals surface area contributed by atoms with Gasteiger partial charge in [0.05, 0.1) is 6.04 Å². The Balaban J connectivity index is 1.49. The van der Waals surface area contributed by atoms with E-state index >= 15 is 0 Å². The second kappa shape index (κ2) is 8.16. The average Bonchev–Trinajstić information content (AvgIpc) is 3.46. The van der Waals surface area contributed by atoms with Crippen LogP contribution in [0.1, 0.15) is 63.4 Å². The summed E-state index contributed by atoms with van der Waals surface area (Å²) in [5.41, 5.74) is 2.99. The summed E-state index contributed by atoms with van der Waals surface area (Å²) in [6.07, 6.45) is 2.07. The van der Waals surface area contributed by atoms with Gasteiger partial charge in [-0.25, -0.2) is 4.98 Å². The van der Waals surface area contributed by atoms with Crippen LogP contribution in [-0.2, 0) is 13.1 Å². The zero-order chi connectivity index (χ0) is 20.4. The minimum atomic E-state index is -0.317. The number of hydrogen-bond donors (Lipinski definition) is 1. The smallest absolute Gasteiger partial charge is 0.274 e. The highest BCUT2D eigenvalue weighted by atomic mass is 32.1. The van der Waals surface area contributed by atoms with Crippen LogP contribution in [-0.4, -0.2) is 26.9 Å². The first kappa shape index (κ1) is 19.3. The van der Waals surface area contributed by atoms with Crippen LogP contribution in [0.5, 0.6) is 0 Å². The van der Waals surface area contributed by atoms with Crippen molar-refractivity contribution in [1.82, 2.24) is 20.4 Å². The third-order valence-electron chi connectivity index (χ3n) is 4.85. The third-order valence-corrected chi connectivity index (χ3v) is 5.81. The molecule has 8 heteroatoms. The fraction of sp³-hybridized carbons (Fsp3) is 0.333. The molecule has 0 saturated carbocycles. The molecule has 0 aliphatic carbocycles. The van der Waals surface area contributed by atoms with Crippen LogP contribution in [0.4, 0.5) is 0 Å². The number of aromatic nitrogens is 2. The molecule has 1 aliphatic rings. The Morgan fingerprint density at radius 3 is 2.52 bits per heavy atom. The first-order valence-corrected chi connectivity index (χ1v) is 10.4. The van der Waals surface area contributed by atoms with Gasteiger partial charge in [0.25, 0.3) is 11.8 Å². The molecule has 1 aliphatic heterocycles. The quantitative estimate of drug-likeness (QED) is 0.668. The van der Waals surface area contributed by atoms with Crippen molar-refractivity contribution in [1.29, 1.82) is 0 Å². The Labute approximate surface area is 172 Å². The molecular weight excluding hydrogens is 388 g/mol. The second-order valence-corrected chi connectivity index (χ2v) is 8.43. The maximum atomic E-state index is 12.9. The van der Waals surface area contributed by atoms with Gasteiger partial charge in [0.2, 0.25) is 0 Å². The number of carbonyl (C=O) groups excluding carboxylic acids is 2. The summed E-state index contributed by atoms with van der Waals surface area (Å²) in [5, 5.41) is 9.14. The van der Waals surface area contributed by atoms with Gasteiger partial charge >= 0.3 is 0 Å². The summed E-state index contributed by atoms with van der Waals surface area (Å²) in [4.78, 5) is 31.7. The maximum Gasteiger partial charge on any atom is 0.274 e. The minimum Gasteiger partial charge on any atom is -0.364 e. The number of rotatable bonds is 6. The van der Waals surface area contributed by atoms with E-state index in [1.54, 1.807) is 10.3 Å². The molecule has 2 amide bonds. The Hall–Kier alpha value is -3.00. The van der Waals surface area contributed by atoms with Gasteiger partial charge in [-0.05, 0) is 23.5 Å². The molecule has 3 heterocycles. The van der Waals surface area contributed by atoms with Gasteiger partial charge in [-0.1, -0.05) is 43.3 Å². The van der Waals surface area contributed by atoms with E-state index in [9.17, 15) is 9.59 Å². The third kappa shape index (κ3) is 4.22. The molecule has 4 rings (SSSR count). The average molecular weight is 410 g/mol. The summed E-state index contributed by atoms with van der Waals surface area (Å²) >= 11 is 1.39. The first-order valence-electron chi connectivity index (χ1n) is 9.54. The predicted octanol–water partition coefficient (Wildman–Crippen LogP) is 3.80. The standard InChI is InChI=1S/C21H22N4O3S/c1-13(2)9-17(22-19(26)16-7-8-28-24-16)20-23-18(12-29-20)21(27)25-10-14-5-3-4-6-15(14)11-25/h3-8,12-13,17H,9-11H2,1-2H3,(H,22,26)/t17-/m0/s1. The van der Waals surface area contributed by atoms with Gasteiger partial charge in [-0.2, -0.15) is 0 Å². The van der Waals surface area contributed by atoms with Gasteiger partial charge < -0.3 is 14.7 Å². The largest absolute Gasteiger partial charge is 0.364 e. The molecular formula is C21H22N4O3S. The van der Waals surface area contributed by atoms with E-state index in [0.29, 0.717) is 31.1 Å². The topological polar surface area (TPSA) is 88.3 Å². The molecule has 0 bridgehead atoms. The molecule has 7 nitrogen and oxygen atoms in total. The van der Waals surface area contributed by atoms with E-state index in [4.69, 9.17) is 4.52 Å². The zero-order valence-corrected chi connectivity index (χ0v) is 17.1. The number of carbonyl (C=O) groups is 2. The van der Waals surface area contributed by atoms with Crippen molar-refractivity contribution < 1.29 is 14.1 Å². The Morgan fingerprint density at radius 1 is 1.17 bits per heavy atom. The molecule has 1 atom stereocenters. The Bertz CT molecular complexity index is 988. The van der Waals surface area contributed by atoms with Crippen LogP contribution in [0.15, 0.2) is 46.5 Å². The lowest BCUT2D eigenvalue weighted by Crippen LogP contribution is -2.30. The second-order valence-electron chi connectivity index (χ2n) is 7.54. The Kier molecular flexibility index (Phi) is 5.44. The van der Waals surface area contributed by atoms with Crippen molar-refractivity contribution in [3.05, 3.63) is 69.5 Å². The summed E-state index contributed by atoms with van der Waals surface area (Å²) in [5.74, 6) is -0.0639. The normalized spacial score (nSPS) is 14.1. The molecule has 3 aromatic rings. The van der Waals surface area contributed by atoms with Crippen molar-refractivity contribution >= 4 is 23.2 Å². The molecule has 1 aromatic carbocycles. The fourth-order valence-corrected chi connectivity index (χ4v) is 4.30. The van der Waals surface area contributed by atoms with E-state index < -0.39 is 0 Å². The number of thiazole rings is 1. The van der Waals surface area contributed by atoms with Crippen molar-refractivity contribution in [3.63, 3.8) is 0 Å². The zero-order valence-electron chi connectivity index (χ0n) is 16.3. The van der Waals surface area contributed by atoms with Gasteiger partial charge in [0.15, 0.2) is 5.69 Å². The molecule has 0 saturated heterocycles. The molecule has 2 aromatic heterocycles. The number of fused-ring (bicyclic) bond motifs is 1. The summed E-state index contributed by atoms with van der Waals surface area (Å²) in [7, 11) is 0. The van der Waals surface area contributed by atoms with Gasteiger partial charge in [-0.15, -0.1) is 11.3 Å². The van der Waals surface area contributed by atoms with Gasteiger partial charge in [0, 0.05) is 24.5 Å². The Morgan fingerprint density at radius 2 is 1.90 bits per heavy atom. The summed E-state index contributed by atoms with van der Waals surface area (Å²) in [6, 6.07) is 9.30. The maximum absolute atomic E-state index is 12.9. The van der Waals surface area contributed by atoms with E-state index in [1.165, 1.54) is 34.8 Å². The number of nitrogens with one attached hydrogen (secondary N) is 1. The van der Waals surface area contributed by atoms with E-state index in [1.807, 2.05) is 24.3 Å². The highest BCUT2D eigenvalue weighted by molar-refractivity contribution is 7.09. The lowest BCUT2D eigenvalue weighted by molar-refractivity contribution is 0.0746. The van der Waals surface area contributed by atoms with Crippen LogP contribution >= 0.6 is 11.3 Å². The van der Waals surface area contributed by atoms with Crippen molar-refractivity contribution in [2.45, 2.75) is 39.4 Å². The number of hydrogen-bond acceptors (Lipinski definition) is 6. The van der Waals surface area contributed by atoms with Crippen molar-refractivity contribution in [2.75, 3.05) is 0 Å². The molecule has 29 heavy (non-hydrogen) atoms. The summed E-state index contributed by atoms with van der Waals surface area (Å²) in [6.45, 7) is 5.35. The highest BCUT2D eigenvalue weighted by Crippen LogP contribution is 2.28. The van der Waals surface area contributed by atoms with Crippen molar-refractivity contribution in [3.8, 4) is 0 Å². The highest BCUT2D eigenvalue weighted by Gasteiger charge is 2.27. The summed E-state index contributed by atoms with van der Waals surface area (Å²) < 4.78 is 4.75. The minimum absolute atomic E-state index is 0.0881. The van der Waals surface area contributed by atoms with Crippen LogP contribution in [0.25, 0.3) is 0 Å². The predicted molar refractivity (Wildman–Crippen MR) is 108 cm³/mol. The van der Waals surface area contributed by atoms with Crippen LogP contribution in [0, 0.1) is 5.92 Å². The van der Waals surface area contributed by atoms with Crippen LogP contribution in [0.2, 0.25) is 0 Å². The molecule has 150 valence electrons. The van der Waals surface area contributed by atoms with E-state index in [0.717, 1.165) is 5.01 Å². The number of amides is 2. The van der Waals surface area contributed by atoms with Crippen LogP contribution in [0.3, 0.4) is 0 Å². The SMILES string of the molecule is CC(C)C[C@H](NC(=O)c1ccon1)c1nc(C(=O)N2Cc3ccccc3C2)cs1. The van der Waals surface area contributed by atoms with Crippen molar-refractivity contribution in [2.24, 2.45) is 5.92 Å². The number of nitrogens with zero attached hydrogens (tertiary/aromatic N) is 3. The molecule has 0 radical (unpaired) electrons. The lowest BCUT2D eigenvalue weighted by Gasteiger charge is -2.18. The lowest BCUT2D eigenvalue weighted by atomic mass is 10.0. The molecule has 0 unspecified atom stereocenters. The van der Waals surface area contributed by atoms with Gasteiger partial charge in [0.1, 0.15) is 17.0 Å². The van der Waals surface area contributed by atoms with Crippen LogP contribution < -0.4 is 5.32 Å². The first-order chi connectivity index (χ1) is 14.0. The monoisotopic (exact) mass is 410 g/mol. The molecule has 0 spiro atoms. The van der Waals surface area contributed by atoms with E-state index in [-0.39, 0.29) is 23.6 Å².